The van der Waals surface area contributed by atoms with Gasteiger partial charge in [-0.25, -0.2) is 0 Å². The van der Waals surface area contributed by atoms with Crippen molar-refractivity contribution in [2.24, 2.45) is 0 Å². The molecule has 0 aliphatic carbocycles. The van der Waals surface area contributed by atoms with Gasteiger partial charge >= 0.3 is 0 Å². The number of anilines is 2. The summed E-state index contributed by atoms with van der Waals surface area (Å²) in [6.07, 6.45) is 0.596. The highest BCUT2D eigenvalue weighted by Gasteiger charge is 2.07. The van der Waals surface area contributed by atoms with Crippen molar-refractivity contribution >= 4 is 11.4 Å². The summed E-state index contributed by atoms with van der Waals surface area (Å²) in [5.74, 6) is 0.696. The molecule has 0 saturated heterocycles. The zero-order valence-corrected chi connectivity index (χ0v) is 10.6. The van der Waals surface area contributed by atoms with Crippen LogP contribution in [0.1, 0.15) is 20.3 Å². The minimum absolute atomic E-state index is 0.0944. The molecule has 92 valence electrons. The van der Waals surface area contributed by atoms with Crippen molar-refractivity contribution in [2.45, 2.75) is 26.4 Å². The van der Waals surface area contributed by atoms with E-state index in [0.717, 1.165) is 5.69 Å². The van der Waals surface area contributed by atoms with Gasteiger partial charge in [0.05, 0.1) is 24.3 Å². The predicted octanol–water partition coefficient (Wildman–Crippen LogP) is 2.41. The van der Waals surface area contributed by atoms with Gasteiger partial charge in [0.1, 0.15) is 5.75 Å². The predicted molar refractivity (Wildman–Crippen MR) is 70.1 cm³/mol. The van der Waals surface area contributed by atoms with E-state index in [9.17, 15) is 0 Å². The van der Waals surface area contributed by atoms with E-state index in [-0.39, 0.29) is 6.10 Å². The fraction of sp³-hybridized carbons (Fsp3) is 0.462. The topological polar surface area (TPSA) is 62.3 Å². The van der Waals surface area contributed by atoms with E-state index in [1.54, 1.807) is 0 Å². The highest BCUT2D eigenvalue weighted by atomic mass is 16.5. The van der Waals surface area contributed by atoms with Crippen LogP contribution in [0.2, 0.25) is 0 Å². The summed E-state index contributed by atoms with van der Waals surface area (Å²) in [5, 5.41) is 8.56. The van der Waals surface area contributed by atoms with E-state index in [1.165, 1.54) is 0 Å². The van der Waals surface area contributed by atoms with Gasteiger partial charge in [0, 0.05) is 25.3 Å². The van der Waals surface area contributed by atoms with Crippen LogP contribution in [0.25, 0.3) is 0 Å². The van der Waals surface area contributed by atoms with Crippen molar-refractivity contribution in [3.63, 3.8) is 0 Å². The summed E-state index contributed by atoms with van der Waals surface area (Å²) in [6, 6.07) is 7.80. The van der Waals surface area contributed by atoms with E-state index < -0.39 is 0 Å². The molecule has 1 rings (SSSR count). The Hall–Kier alpha value is -1.89. The quantitative estimate of drug-likeness (QED) is 0.793. The molecule has 0 amide bonds. The highest BCUT2D eigenvalue weighted by molar-refractivity contribution is 5.62. The molecule has 0 aliphatic heterocycles. The second-order valence-electron chi connectivity index (χ2n) is 4.22. The summed E-state index contributed by atoms with van der Waals surface area (Å²) in [5.41, 5.74) is 7.48. The van der Waals surface area contributed by atoms with E-state index in [2.05, 4.69) is 6.07 Å². The molecule has 1 aromatic rings. The van der Waals surface area contributed by atoms with Crippen LogP contribution in [-0.4, -0.2) is 19.7 Å². The average Bonchev–Trinajstić information content (AvgIpc) is 2.28. The van der Waals surface area contributed by atoms with Crippen LogP contribution in [0.15, 0.2) is 18.2 Å². The average molecular weight is 233 g/mol. The van der Waals surface area contributed by atoms with Gasteiger partial charge in [0.2, 0.25) is 0 Å². The Bertz CT molecular complexity index is 410. The molecular formula is C13H19N3O. The lowest BCUT2D eigenvalue weighted by atomic mass is 10.2. The number of nitrogens with two attached hydrogens (primary N) is 1. The lowest BCUT2D eigenvalue weighted by Gasteiger charge is -2.20. The molecule has 0 aromatic heterocycles. The van der Waals surface area contributed by atoms with Gasteiger partial charge in [0.15, 0.2) is 0 Å². The molecule has 0 bridgehead atoms. The van der Waals surface area contributed by atoms with Crippen LogP contribution < -0.4 is 15.4 Å². The molecular weight excluding hydrogens is 214 g/mol. The number of nitrogens with zero attached hydrogens (tertiary/aromatic N) is 2. The van der Waals surface area contributed by atoms with Crippen LogP contribution in [0, 0.1) is 11.3 Å². The van der Waals surface area contributed by atoms with Crippen molar-refractivity contribution in [1.82, 2.24) is 0 Å². The number of nitrogen functional groups attached to an aromatic ring is 1. The van der Waals surface area contributed by atoms with Gasteiger partial charge in [-0.05, 0) is 26.0 Å². The van der Waals surface area contributed by atoms with Gasteiger partial charge in [-0.3, -0.25) is 0 Å². The molecule has 1 aromatic carbocycles. The van der Waals surface area contributed by atoms with Crippen molar-refractivity contribution in [3.8, 4) is 11.8 Å². The van der Waals surface area contributed by atoms with E-state index in [1.807, 2.05) is 44.0 Å². The number of hydrogen-bond acceptors (Lipinski definition) is 4. The Labute approximate surface area is 103 Å². The van der Waals surface area contributed by atoms with Crippen molar-refractivity contribution < 1.29 is 4.74 Å². The first-order valence-electron chi connectivity index (χ1n) is 5.69. The normalized spacial score (nSPS) is 10.1. The lowest BCUT2D eigenvalue weighted by molar-refractivity contribution is 0.244. The minimum Gasteiger partial charge on any atom is -0.489 e. The Kier molecular flexibility index (Phi) is 4.65. The molecule has 4 heteroatoms. The van der Waals surface area contributed by atoms with Crippen LogP contribution in [-0.2, 0) is 0 Å². The second kappa shape index (κ2) is 6.00. The Morgan fingerprint density at radius 2 is 2.18 bits per heavy atom. The Morgan fingerprint density at radius 1 is 1.47 bits per heavy atom. The third kappa shape index (κ3) is 3.87. The monoisotopic (exact) mass is 233 g/mol. The van der Waals surface area contributed by atoms with E-state index >= 15 is 0 Å². The molecule has 0 saturated carbocycles. The number of ether oxygens (including phenoxy) is 1. The molecule has 0 aliphatic rings. The van der Waals surface area contributed by atoms with Gasteiger partial charge in [0.25, 0.3) is 0 Å². The summed E-state index contributed by atoms with van der Waals surface area (Å²) in [6.45, 7) is 4.62. The van der Waals surface area contributed by atoms with Crippen molar-refractivity contribution in [3.05, 3.63) is 18.2 Å². The Balaban J connectivity index is 2.84. The summed E-state index contributed by atoms with van der Waals surface area (Å²) in [4.78, 5) is 2.01. The number of hydrogen-bond donors (Lipinski definition) is 1. The Morgan fingerprint density at radius 3 is 2.76 bits per heavy atom. The molecule has 0 spiro atoms. The molecule has 17 heavy (non-hydrogen) atoms. The molecule has 4 nitrogen and oxygen atoms in total. The SMILES string of the molecule is CC(C)Oc1cc(N(C)CCC#N)ccc1N. The minimum atomic E-state index is 0.0944. The third-order valence-corrected chi connectivity index (χ3v) is 2.36. The van der Waals surface area contributed by atoms with Gasteiger partial charge in [-0.15, -0.1) is 0 Å². The summed E-state index contributed by atoms with van der Waals surface area (Å²) in [7, 11) is 1.95. The number of benzene rings is 1. The van der Waals surface area contributed by atoms with Crippen LogP contribution in [0.4, 0.5) is 11.4 Å². The summed E-state index contributed by atoms with van der Waals surface area (Å²) < 4.78 is 5.62. The summed E-state index contributed by atoms with van der Waals surface area (Å²) >= 11 is 0. The first-order valence-corrected chi connectivity index (χ1v) is 5.69. The van der Waals surface area contributed by atoms with Crippen molar-refractivity contribution in [1.29, 1.82) is 5.26 Å². The molecule has 0 unspecified atom stereocenters. The molecule has 0 radical (unpaired) electrons. The lowest BCUT2D eigenvalue weighted by Crippen LogP contribution is -2.18. The van der Waals surface area contributed by atoms with Gasteiger partial charge in [-0.1, -0.05) is 0 Å². The third-order valence-electron chi connectivity index (χ3n) is 2.36. The first kappa shape index (κ1) is 13.2. The zero-order chi connectivity index (χ0) is 12.8. The standard InChI is InChI=1S/C13H19N3O/c1-10(2)17-13-9-11(5-6-12(13)15)16(3)8-4-7-14/h5-6,9-10H,4,8,15H2,1-3H3. The maximum Gasteiger partial charge on any atom is 0.144 e. The second-order valence-corrected chi connectivity index (χ2v) is 4.22. The maximum absolute atomic E-state index is 8.56. The maximum atomic E-state index is 8.56. The zero-order valence-electron chi connectivity index (χ0n) is 10.6. The van der Waals surface area contributed by atoms with E-state index in [4.69, 9.17) is 15.7 Å². The first-order chi connectivity index (χ1) is 8.04. The molecule has 0 fully saturated rings. The number of nitriles is 1. The fourth-order valence-corrected chi connectivity index (χ4v) is 1.46. The smallest absolute Gasteiger partial charge is 0.144 e. The fourth-order valence-electron chi connectivity index (χ4n) is 1.46. The van der Waals surface area contributed by atoms with Crippen LogP contribution in [0.3, 0.4) is 0 Å². The van der Waals surface area contributed by atoms with Crippen molar-refractivity contribution in [2.75, 3.05) is 24.2 Å². The number of rotatable bonds is 5. The highest BCUT2D eigenvalue weighted by Crippen LogP contribution is 2.28. The largest absolute Gasteiger partial charge is 0.489 e. The van der Waals surface area contributed by atoms with Crippen LogP contribution >= 0.6 is 0 Å². The van der Waals surface area contributed by atoms with Gasteiger partial charge < -0.3 is 15.4 Å². The molecule has 0 heterocycles. The van der Waals surface area contributed by atoms with E-state index in [0.29, 0.717) is 24.4 Å². The van der Waals surface area contributed by atoms with Crippen LogP contribution in [0.5, 0.6) is 5.75 Å². The van der Waals surface area contributed by atoms with Gasteiger partial charge in [-0.2, -0.15) is 5.26 Å². The molecule has 0 atom stereocenters. The molecule has 2 N–H and O–H groups in total.